The lowest BCUT2D eigenvalue weighted by atomic mass is 10.1. The van der Waals surface area contributed by atoms with Crippen molar-refractivity contribution in [2.75, 3.05) is 19.8 Å². The Morgan fingerprint density at radius 1 is 0.590 bits per heavy atom. The van der Waals surface area contributed by atoms with Crippen molar-refractivity contribution in [2.24, 2.45) is 0 Å². The number of hydrogen-bond acceptors (Lipinski definition) is 4. The summed E-state index contributed by atoms with van der Waals surface area (Å²) in [5.74, 6) is -0.213. The van der Waals surface area contributed by atoms with Crippen LogP contribution in [0.3, 0.4) is 0 Å². The maximum atomic E-state index is 12.1. The van der Waals surface area contributed by atoms with Gasteiger partial charge in [0.25, 0.3) is 0 Å². The van der Waals surface area contributed by atoms with Crippen molar-refractivity contribution in [3.05, 3.63) is 24.3 Å². The summed E-state index contributed by atoms with van der Waals surface area (Å²) in [6, 6.07) is 0. The molecule has 0 aromatic rings. The molecule has 0 aliphatic carbocycles. The molecular weight excluding hydrogens is 484 g/mol. The van der Waals surface area contributed by atoms with Gasteiger partial charge < -0.3 is 14.6 Å². The molecule has 230 valence electrons. The summed E-state index contributed by atoms with van der Waals surface area (Å²) in [6.45, 7) is 5.30. The molecule has 1 N–H and O–H groups in total. The maximum absolute atomic E-state index is 12.1. The van der Waals surface area contributed by atoms with E-state index >= 15 is 0 Å². The number of ether oxygens (including phenoxy) is 2. The number of carbonyl (C=O) groups excluding carboxylic acids is 1. The third-order valence-electron chi connectivity index (χ3n) is 7.25. The van der Waals surface area contributed by atoms with Crippen molar-refractivity contribution in [2.45, 2.75) is 174 Å². The van der Waals surface area contributed by atoms with Crippen LogP contribution in [0.15, 0.2) is 24.3 Å². The number of unbranched alkanes of at least 4 members (excludes halogenated alkanes) is 19. The molecule has 0 bridgehead atoms. The molecule has 0 spiro atoms. The van der Waals surface area contributed by atoms with Gasteiger partial charge in [0.05, 0.1) is 13.2 Å². The summed E-state index contributed by atoms with van der Waals surface area (Å²) >= 11 is 0. The van der Waals surface area contributed by atoms with E-state index in [2.05, 4.69) is 38.2 Å². The van der Waals surface area contributed by atoms with Crippen LogP contribution in [-0.4, -0.2) is 37.0 Å². The van der Waals surface area contributed by atoms with Gasteiger partial charge in [0.1, 0.15) is 6.10 Å². The Hall–Kier alpha value is -1.13. The molecule has 1 atom stereocenters. The second-order valence-corrected chi connectivity index (χ2v) is 11.2. The molecule has 0 rings (SSSR count). The van der Waals surface area contributed by atoms with Crippen molar-refractivity contribution in [3.8, 4) is 0 Å². The second kappa shape index (κ2) is 33.1. The minimum absolute atomic E-state index is 0.176. The molecule has 0 radical (unpaired) electrons. The van der Waals surface area contributed by atoms with Gasteiger partial charge in [-0.3, -0.25) is 4.79 Å². The molecule has 39 heavy (non-hydrogen) atoms. The van der Waals surface area contributed by atoms with Gasteiger partial charge >= 0.3 is 5.97 Å². The smallest absolute Gasteiger partial charge is 0.306 e. The molecule has 0 aliphatic heterocycles. The molecule has 0 heterocycles. The van der Waals surface area contributed by atoms with E-state index in [-0.39, 0.29) is 12.6 Å². The van der Waals surface area contributed by atoms with Crippen LogP contribution in [0.5, 0.6) is 0 Å². The molecular formula is C35H66O4. The summed E-state index contributed by atoms with van der Waals surface area (Å²) in [5, 5.41) is 9.52. The topological polar surface area (TPSA) is 55.8 Å². The van der Waals surface area contributed by atoms with Crippen LogP contribution < -0.4 is 0 Å². The van der Waals surface area contributed by atoms with Crippen molar-refractivity contribution in [3.63, 3.8) is 0 Å². The minimum Gasteiger partial charge on any atom is -0.457 e. The number of esters is 1. The third kappa shape index (κ3) is 31.3. The minimum atomic E-state index is -0.536. The van der Waals surface area contributed by atoms with Gasteiger partial charge in [-0.05, 0) is 64.2 Å². The fourth-order valence-corrected chi connectivity index (χ4v) is 4.67. The van der Waals surface area contributed by atoms with E-state index in [1.807, 2.05) is 0 Å². The Morgan fingerprint density at radius 2 is 1.00 bits per heavy atom. The monoisotopic (exact) mass is 550 g/mol. The highest BCUT2D eigenvalue weighted by atomic mass is 16.6. The standard InChI is InChI=1S/C35H66O4/c1-3-5-7-9-11-13-15-17-19-21-23-25-27-29-31-38-33-34(32-36)39-35(37)30-28-26-24-22-20-18-16-14-12-10-8-6-4-2/h13-16,34,36H,3-12,17-33H2,1-2H3/b15-13-,16-14-. The van der Waals surface area contributed by atoms with Crippen LogP contribution in [0.4, 0.5) is 0 Å². The average molecular weight is 551 g/mol. The van der Waals surface area contributed by atoms with Crippen molar-refractivity contribution in [1.82, 2.24) is 0 Å². The predicted molar refractivity (Wildman–Crippen MR) is 168 cm³/mol. The Balaban J connectivity index is 3.47. The third-order valence-corrected chi connectivity index (χ3v) is 7.25. The van der Waals surface area contributed by atoms with Crippen LogP contribution in [0.2, 0.25) is 0 Å². The normalized spacial score (nSPS) is 12.6. The molecule has 4 nitrogen and oxygen atoms in total. The van der Waals surface area contributed by atoms with Gasteiger partial charge in [0, 0.05) is 13.0 Å². The molecule has 4 heteroatoms. The molecule has 0 saturated carbocycles. The lowest BCUT2D eigenvalue weighted by molar-refractivity contribution is -0.154. The van der Waals surface area contributed by atoms with Gasteiger partial charge in [-0.15, -0.1) is 0 Å². The van der Waals surface area contributed by atoms with Gasteiger partial charge in [0.15, 0.2) is 0 Å². The highest BCUT2D eigenvalue weighted by Crippen LogP contribution is 2.11. The Labute approximate surface area is 243 Å². The number of allylic oxidation sites excluding steroid dienone is 4. The van der Waals surface area contributed by atoms with Crippen LogP contribution in [0, 0.1) is 0 Å². The molecule has 0 aromatic heterocycles. The zero-order valence-electron chi connectivity index (χ0n) is 26.2. The molecule has 0 aromatic carbocycles. The molecule has 0 saturated heterocycles. The summed E-state index contributed by atoms with van der Waals surface area (Å²) in [5.41, 5.74) is 0. The number of rotatable bonds is 31. The van der Waals surface area contributed by atoms with E-state index < -0.39 is 6.10 Å². The Morgan fingerprint density at radius 3 is 1.46 bits per heavy atom. The van der Waals surface area contributed by atoms with Crippen molar-refractivity contribution < 1.29 is 19.4 Å². The van der Waals surface area contributed by atoms with Crippen molar-refractivity contribution in [1.29, 1.82) is 0 Å². The number of aliphatic hydroxyl groups excluding tert-OH is 1. The SMILES string of the molecule is CCCCCC/C=C\CCCCCCCCOCC(CO)OC(=O)CCCCCCC/C=C\CCCCCC. The first-order valence-electron chi connectivity index (χ1n) is 16.9. The van der Waals surface area contributed by atoms with E-state index in [4.69, 9.17) is 9.47 Å². The first kappa shape index (κ1) is 37.9. The summed E-state index contributed by atoms with van der Waals surface area (Å²) in [7, 11) is 0. The van der Waals surface area contributed by atoms with E-state index in [1.165, 1.54) is 128 Å². The maximum Gasteiger partial charge on any atom is 0.306 e. The fourth-order valence-electron chi connectivity index (χ4n) is 4.67. The molecule has 0 aliphatic rings. The number of hydrogen-bond donors (Lipinski definition) is 1. The van der Waals surface area contributed by atoms with Gasteiger partial charge in [-0.1, -0.05) is 122 Å². The highest BCUT2D eigenvalue weighted by molar-refractivity contribution is 5.69. The largest absolute Gasteiger partial charge is 0.457 e. The molecule has 0 amide bonds. The van der Waals surface area contributed by atoms with Crippen molar-refractivity contribution >= 4 is 5.97 Å². The number of carbonyl (C=O) groups is 1. The zero-order chi connectivity index (χ0) is 28.5. The molecule has 1 unspecified atom stereocenters. The van der Waals surface area contributed by atoms with E-state index in [9.17, 15) is 9.90 Å². The summed E-state index contributed by atoms with van der Waals surface area (Å²) in [6.07, 6.45) is 37.7. The zero-order valence-corrected chi connectivity index (χ0v) is 26.2. The van der Waals surface area contributed by atoms with Crippen LogP contribution in [-0.2, 0) is 14.3 Å². The lowest BCUT2D eigenvalue weighted by Gasteiger charge is -2.15. The van der Waals surface area contributed by atoms with Crippen LogP contribution in [0.1, 0.15) is 168 Å². The lowest BCUT2D eigenvalue weighted by Crippen LogP contribution is -2.27. The van der Waals surface area contributed by atoms with E-state index in [0.717, 1.165) is 19.3 Å². The van der Waals surface area contributed by atoms with E-state index in [1.54, 1.807) is 0 Å². The number of aliphatic hydroxyl groups is 1. The molecule has 0 fully saturated rings. The first-order chi connectivity index (χ1) is 19.2. The highest BCUT2D eigenvalue weighted by Gasteiger charge is 2.13. The second-order valence-electron chi connectivity index (χ2n) is 11.2. The van der Waals surface area contributed by atoms with Crippen LogP contribution in [0.25, 0.3) is 0 Å². The summed E-state index contributed by atoms with van der Waals surface area (Å²) < 4.78 is 11.1. The van der Waals surface area contributed by atoms with Crippen LogP contribution >= 0.6 is 0 Å². The average Bonchev–Trinajstić information content (AvgIpc) is 2.94. The first-order valence-corrected chi connectivity index (χ1v) is 16.9. The Bertz CT molecular complexity index is 543. The van der Waals surface area contributed by atoms with E-state index in [0.29, 0.717) is 19.6 Å². The van der Waals surface area contributed by atoms with Gasteiger partial charge in [-0.2, -0.15) is 0 Å². The Kier molecular flexibility index (Phi) is 32.1. The summed E-state index contributed by atoms with van der Waals surface area (Å²) in [4.78, 5) is 12.1. The van der Waals surface area contributed by atoms with Gasteiger partial charge in [0.2, 0.25) is 0 Å². The fraction of sp³-hybridized carbons (Fsp3) is 0.857. The predicted octanol–water partition coefficient (Wildman–Crippen LogP) is 10.4. The van der Waals surface area contributed by atoms with Gasteiger partial charge in [-0.25, -0.2) is 0 Å². The quantitative estimate of drug-likeness (QED) is 0.0530.